The van der Waals surface area contributed by atoms with Crippen molar-refractivity contribution in [2.24, 2.45) is 43.3 Å². The van der Waals surface area contributed by atoms with Gasteiger partial charge in [0.25, 0.3) is 0 Å². The monoisotopic (exact) mass is 1460 g/mol. The zero-order chi connectivity index (χ0) is 72.0. The maximum absolute atomic E-state index is 10.6. The van der Waals surface area contributed by atoms with E-state index in [-0.39, 0.29) is 66.0 Å². The third-order valence-corrected chi connectivity index (χ3v) is 7.64. The Labute approximate surface area is 574 Å². The molecule has 0 saturated heterocycles. The van der Waals surface area contributed by atoms with E-state index < -0.39 is 103 Å². The van der Waals surface area contributed by atoms with E-state index in [1.807, 2.05) is 0 Å². The quantitative estimate of drug-likeness (QED) is 0.193. The van der Waals surface area contributed by atoms with E-state index in [1.165, 1.54) is 20.8 Å². The molecule has 0 heterocycles. The number of hydrogen-bond acceptors (Lipinski definition) is 20. The molecule has 0 aliphatic carbocycles. The third kappa shape index (κ3) is 98.2. The van der Waals surface area contributed by atoms with Gasteiger partial charge < -0.3 is 101 Å². The van der Waals surface area contributed by atoms with Gasteiger partial charge in [-0.2, -0.15) is 0 Å². The molecule has 2 aromatic carbocycles. The molecule has 0 fully saturated rings. The van der Waals surface area contributed by atoms with E-state index in [9.17, 15) is 98.6 Å². The molecule has 0 aliphatic heterocycles. The molecule has 2 aromatic rings. The smallest absolute Gasteiger partial charge is 0.759 e. The summed E-state index contributed by atoms with van der Waals surface area (Å²) in [6.07, 6.45) is 1.50. The van der Waals surface area contributed by atoms with E-state index in [0.29, 0.717) is 11.1 Å². The van der Waals surface area contributed by atoms with Crippen molar-refractivity contribution in [3.05, 3.63) is 82.2 Å². The topological polar surface area (TPSA) is 460 Å². The predicted octanol–water partition coefficient (Wildman–Crippen LogP) is 2.16. The van der Waals surface area contributed by atoms with E-state index >= 15 is 0 Å². The average molecular weight is 1460 g/mol. The van der Waals surface area contributed by atoms with E-state index in [0.717, 1.165) is 12.8 Å². The normalized spacial score (nSPS) is 9.76. The molecule has 0 unspecified atom stereocenters. The van der Waals surface area contributed by atoms with Crippen LogP contribution in [-0.2, 0) is 114 Å². The van der Waals surface area contributed by atoms with Gasteiger partial charge in [-0.05, 0) is 65.8 Å². The summed E-state index contributed by atoms with van der Waals surface area (Å²) < 4.78 is 0. The fourth-order valence-corrected chi connectivity index (χ4v) is 1.30. The Morgan fingerprint density at radius 3 is 0.478 bits per heavy atom. The largest absolute Gasteiger partial charge is 2.00 e. The number of nitrogens with zero attached hydrogens (tertiary/aromatic N) is 2. The number of carbonyl (C=O) groups excluding carboxylic acids is 10. The number of aliphatic carboxylic acids is 8. The van der Waals surface area contributed by atoms with Crippen LogP contribution in [0.25, 0.3) is 0 Å². The number of carboxylic acid groups (broad SMARTS) is 8. The summed E-state index contributed by atoms with van der Waals surface area (Å²) in [7, 11) is 6.75. The molecule has 0 aliphatic rings. The Morgan fingerprint density at radius 2 is 0.422 bits per heavy atom. The third-order valence-electron chi connectivity index (χ3n) is 7.64. The molecule has 0 saturated carbocycles. The molecular weight excluding hydrogens is 1360 g/mol. The molecule has 532 valence electrons. The Kier molecular flexibility index (Phi) is 76.2. The van der Waals surface area contributed by atoms with Crippen molar-refractivity contribution in [1.29, 1.82) is 0 Å². The van der Waals surface area contributed by atoms with Crippen molar-refractivity contribution in [2.75, 3.05) is 28.2 Å². The van der Waals surface area contributed by atoms with Gasteiger partial charge in [0.2, 0.25) is 24.6 Å². The number of benzene rings is 2. The van der Waals surface area contributed by atoms with Crippen LogP contribution in [0.1, 0.15) is 187 Å². The summed E-state index contributed by atoms with van der Waals surface area (Å²) in [5, 5.41) is 95.6. The van der Waals surface area contributed by atoms with E-state index in [4.69, 9.17) is 10.2 Å². The fraction of sp³-hybridized carbons (Fsp3) is 0.600. The summed E-state index contributed by atoms with van der Waals surface area (Å²) in [4.78, 5) is 122. The predicted molar refractivity (Wildman–Crippen MR) is 315 cm³/mol. The van der Waals surface area contributed by atoms with Gasteiger partial charge in [-0.3, -0.25) is 28.8 Å². The van der Waals surface area contributed by atoms with Gasteiger partial charge in [-0.25, -0.2) is 0 Å². The number of nitrogens with one attached hydrogen (secondary N) is 2. The molecule has 4 amide bonds. The number of hydrogen-bond donors (Lipinski definition) is 4. The molecule has 90 heavy (non-hydrogen) atoms. The second-order valence-electron chi connectivity index (χ2n) is 26.1. The van der Waals surface area contributed by atoms with Crippen LogP contribution in [0.5, 0.6) is 0 Å². The van der Waals surface area contributed by atoms with Crippen molar-refractivity contribution < 1.29 is 164 Å². The molecule has 26 nitrogen and oxygen atoms in total. The Balaban J connectivity index is -0.0000000584. The van der Waals surface area contributed by atoms with Crippen LogP contribution in [0.2, 0.25) is 0 Å². The van der Waals surface area contributed by atoms with Crippen molar-refractivity contribution >= 4 is 72.4 Å². The molecule has 4 N–H and O–H groups in total. The minimum absolute atomic E-state index is 0. The number of rotatable bonds is 4. The molecule has 0 atom stereocenters. The second-order valence-corrected chi connectivity index (χ2v) is 26.1. The first-order valence-electron chi connectivity index (χ1n) is 25.7. The van der Waals surface area contributed by atoms with Crippen LogP contribution in [-0.4, -0.2) is 121 Å². The van der Waals surface area contributed by atoms with Crippen LogP contribution < -0.4 is 41.6 Å². The first kappa shape index (κ1) is 118. The van der Waals surface area contributed by atoms with Gasteiger partial charge in [0.1, 0.15) is 0 Å². The van der Waals surface area contributed by atoms with Crippen LogP contribution in [0, 0.1) is 53.7 Å². The Morgan fingerprint density at radius 1 is 0.322 bits per heavy atom. The zero-order valence-electron chi connectivity index (χ0n) is 57.1. The van der Waals surface area contributed by atoms with Crippen molar-refractivity contribution in [3.63, 3.8) is 0 Å². The van der Waals surface area contributed by atoms with Crippen LogP contribution in [0.4, 0.5) is 0 Å². The van der Waals surface area contributed by atoms with Gasteiger partial charge in [-0.1, -0.05) is 161 Å². The summed E-state index contributed by atoms with van der Waals surface area (Å²) in [6.45, 7) is 38.8. The minimum atomic E-state index is -1.01. The van der Waals surface area contributed by atoms with Crippen molar-refractivity contribution in [2.45, 2.75) is 166 Å². The average Bonchev–Trinajstić information content (AvgIpc) is 3.33. The molecular formula is C60H100N4Ni4O22. The SMILES string of the molecule is CC(C)(C)C(=O)O.CC(C)(C)C(=O)O.CC(C)(C)C(=O)[O-].CC(C)(C)C(=O)[O-].CC(C)(C)C(=O)[O-].CC(C)(C)C(=O)[O-].CC(C)(C)C(=O)[O-].CC(C)(C)C(=O)[O-].CN(C)C=O.CN(C)C=O.O=C(N[O-])c1ccccc1.O=C(N[O-])c1ccccc1.[Ni+2].[Ni+2].[Ni+2].[Ni+2]. The molecule has 30 heteroatoms. The standard InChI is InChI=1S/2C7H6NO2.8C5H10O2.2C3H7NO.4Ni/c2*9-7(8-10)6-4-2-1-3-5-6;8*1-5(2,3)4(6)7;2*1-4(2)3-5;;;;/h2*1-5H,(H-,8,9,10);8*1-3H3,(H,6,7);2*3H,1-2H3;;;;/q2*-1;;;;;;;;;;;4*+2/p-6. The Hall–Kier alpha value is -6.03. The number of hydroxylamine groups is 2. The first-order chi connectivity index (χ1) is 37.8. The molecule has 0 bridgehead atoms. The van der Waals surface area contributed by atoms with Crippen LogP contribution in [0.15, 0.2) is 60.7 Å². The summed E-state index contributed by atoms with van der Waals surface area (Å²) >= 11 is 0. The number of carboxylic acids is 8. The van der Waals surface area contributed by atoms with Gasteiger partial charge in [0.05, 0.1) is 10.8 Å². The van der Waals surface area contributed by atoms with E-state index in [2.05, 4.69) is 0 Å². The molecule has 0 radical (unpaired) electrons. The van der Waals surface area contributed by atoms with Crippen molar-refractivity contribution in [1.82, 2.24) is 20.8 Å². The summed E-state index contributed by atoms with van der Waals surface area (Å²) in [5.74, 6) is -8.75. The minimum Gasteiger partial charge on any atom is -0.759 e. The van der Waals surface area contributed by atoms with Crippen LogP contribution in [0.3, 0.4) is 0 Å². The fourth-order valence-electron chi connectivity index (χ4n) is 1.30. The number of amides is 4. The zero-order valence-corrected chi connectivity index (χ0v) is 61.1. The molecule has 0 aromatic heterocycles. The summed E-state index contributed by atoms with van der Waals surface area (Å²) in [5.41, 5.74) is -1.98. The maximum Gasteiger partial charge on any atom is 2.00 e. The second kappa shape index (κ2) is 58.1. The van der Waals surface area contributed by atoms with Gasteiger partial charge in [0, 0.05) is 108 Å². The van der Waals surface area contributed by atoms with E-state index in [1.54, 1.807) is 255 Å². The first-order valence-corrected chi connectivity index (χ1v) is 25.7. The molecule has 2 rings (SSSR count). The van der Waals surface area contributed by atoms with Gasteiger partial charge >= 0.3 is 77.9 Å². The summed E-state index contributed by atoms with van der Waals surface area (Å²) in [6, 6.07) is 16.7. The van der Waals surface area contributed by atoms with Gasteiger partial charge in [0.15, 0.2) is 0 Å². The van der Waals surface area contributed by atoms with Crippen molar-refractivity contribution in [3.8, 4) is 0 Å². The van der Waals surface area contributed by atoms with Gasteiger partial charge in [-0.15, -0.1) is 0 Å². The maximum atomic E-state index is 10.6. The van der Waals surface area contributed by atoms with Crippen LogP contribution >= 0.6 is 0 Å². The Bertz CT molecular complexity index is 1920. The molecule has 0 spiro atoms. The number of carbonyl (C=O) groups is 12.